The number of carbonyl (C=O) groups excluding carboxylic acids is 1. The van der Waals surface area contributed by atoms with Crippen molar-refractivity contribution in [3.8, 4) is 11.4 Å². The number of imidazole rings is 1. The lowest BCUT2D eigenvalue weighted by Gasteiger charge is -2.10. The van der Waals surface area contributed by atoms with Crippen LogP contribution < -0.4 is 14.8 Å². The summed E-state index contributed by atoms with van der Waals surface area (Å²) < 4.78 is 49.9. The number of nitrogens with one attached hydrogen (secondary N) is 2. The van der Waals surface area contributed by atoms with E-state index in [-0.39, 0.29) is 5.75 Å². The summed E-state index contributed by atoms with van der Waals surface area (Å²) in [4.78, 5) is 16.7. The number of halogens is 4. The molecule has 39 heavy (non-hydrogen) atoms. The molecule has 5 rings (SSSR count). The van der Waals surface area contributed by atoms with Gasteiger partial charge in [-0.2, -0.15) is 0 Å². The second kappa shape index (κ2) is 10.9. The summed E-state index contributed by atoms with van der Waals surface area (Å²) in [7, 11) is 0. The Bertz CT molecular complexity index is 1700. The maximum atomic E-state index is 12.4. The van der Waals surface area contributed by atoms with E-state index in [1.165, 1.54) is 24.3 Å². The zero-order valence-electron chi connectivity index (χ0n) is 20.2. The van der Waals surface area contributed by atoms with Crippen molar-refractivity contribution in [2.45, 2.75) is 13.3 Å². The highest BCUT2D eigenvalue weighted by molar-refractivity contribution is 7.96. The predicted octanol–water partition coefficient (Wildman–Crippen LogP) is 7.84. The van der Waals surface area contributed by atoms with Gasteiger partial charge in [-0.05, 0) is 72.0 Å². The van der Waals surface area contributed by atoms with E-state index in [9.17, 15) is 18.0 Å². The van der Waals surface area contributed by atoms with Gasteiger partial charge in [0.2, 0.25) is 0 Å². The van der Waals surface area contributed by atoms with Gasteiger partial charge in [-0.3, -0.25) is 9.29 Å². The Labute approximate surface area is 229 Å². The number of nitrogens with zero attached hydrogens (tertiary/aromatic N) is 3. The van der Waals surface area contributed by atoms with Crippen molar-refractivity contribution in [1.29, 1.82) is 0 Å². The van der Waals surface area contributed by atoms with Crippen LogP contribution >= 0.6 is 23.7 Å². The predicted molar refractivity (Wildman–Crippen MR) is 149 cm³/mol. The van der Waals surface area contributed by atoms with E-state index in [2.05, 4.69) is 24.2 Å². The summed E-state index contributed by atoms with van der Waals surface area (Å²) in [5.41, 5.74) is 4.40. The van der Waals surface area contributed by atoms with E-state index in [4.69, 9.17) is 11.6 Å². The fourth-order valence-electron chi connectivity index (χ4n) is 3.97. The number of rotatable bonds is 6. The van der Waals surface area contributed by atoms with Crippen molar-refractivity contribution >= 4 is 63.5 Å². The van der Waals surface area contributed by atoms with Crippen molar-refractivity contribution in [2.24, 2.45) is 4.40 Å². The average molecular weight is 570 g/mol. The second-order valence-electron chi connectivity index (χ2n) is 8.36. The minimum absolute atomic E-state index is 0.291. The lowest BCUT2D eigenvalue weighted by molar-refractivity contribution is -0.274. The van der Waals surface area contributed by atoms with Gasteiger partial charge in [0.1, 0.15) is 12.1 Å². The zero-order valence-corrected chi connectivity index (χ0v) is 21.7. The summed E-state index contributed by atoms with van der Waals surface area (Å²) in [6.45, 7) is 1.82. The molecule has 198 valence electrons. The third-order valence-electron chi connectivity index (χ3n) is 5.81. The minimum Gasteiger partial charge on any atom is -0.406 e. The van der Waals surface area contributed by atoms with E-state index in [0.717, 1.165) is 45.1 Å². The molecular formula is C27H19ClF3N5O2S. The monoisotopic (exact) mass is 569 g/mol. The first-order valence-electron chi connectivity index (χ1n) is 11.5. The van der Waals surface area contributed by atoms with Crippen LogP contribution in [0.5, 0.6) is 5.75 Å². The summed E-state index contributed by atoms with van der Waals surface area (Å²) in [6.07, 6.45) is -1.49. The Kier molecular flexibility index (Phi) is 7.36. The number of anilines is 1. The van der Waals surface area contributed by atoms with Crippen LogP contribution in [0.2, 0.25) is 5.02 Å². The Morgan fingerprint density at radius 3 is 2.67 bits per heavy atom. The molecule has 1 heterocycles. The smallest absolute Gasteiger partial charge is 0.406 e. The fourth-order valence-corrected chi connectivity index (χ4v) is 4.50. The standard InChI is InChI=1S/C27H19ClF3N5O2S/c1-16-22(28)3-2-4-23(16)34-26(37)35-39-33-14-17-5-11-21-18(13-17)6-12-24-25(21)32-15-36(24)19-7-9-20(10-8-19)38-27(29,30)31/h2-15H,1H3,(H2,34,35,37). The molecule has 0 saturated heterocycles. The molecule has 2 N–H and O–H groups in total. The zero-order chi connectivity index (χ0) is 27.6. The summed E-state index contributed by atoms with van der Waals surface area (Å²) >= 11 is 6.96. The van der Waals surface area contributed by atoms with Crippen LogP contribution in [-0.4, -0.2) is 28.2 Å². The number of carbonyl (C=O) groups is 1. The highest BCUT2D eigenvalue weighted by Gasteiger charge is 2.31. The number of aromatic nitrogens is 2. The quantitative estimate of drug-likeness (QED) is 0.161. The fraction of sp³-hybridized carbons (Fsp3) is 0.0741. The molecule has 0 radical (unpaired) electrons. The van der Waals surface area contributed by atoms with E-state index < -0.39 is 12.4 Å². The first-order chi connectivity index (χ1) is 18.7. The third kappa shape index (κ3) is 6.10. The van der Waals surface area contributed by atoms with Crippen molar-refractivity contribution in [3.63, 3.8) is 0 Å². The Balaban J connectivity index is 1.27. The minimum atomic E-state index is -4.74. The molecule has 0 bridgehead atoms. The summed E-state index contributed by atoms with van der Waals surface area (Å²) in [5, 5.41) is 5.12. The van der Waals surface area contributed by atoms with Crippen LogP contribution in [0.25, 0.3) is 27.5 Å². The maximum absolute atomic E-state index is 12.4. The molecule has 0 aliphatic rings. The average Bonchev–Trinajstić information content (AvgIpc) is 3.33. The van der Waals surface area contributed by atoms with Crippen molar-refractivity contribution in [1.82, 2.24) is 14.3 Å². The Hall–Kier alpha value is -4.22. The molecule has 0 aliphatic carbocycles. The van der Waals surface area contributed by atoms with Crippen LogP contribution in [0.1, 0.15) is 11.1 Å². The van der Waals surface area contributed by atoms with Crippen molar-refractivity contribution in [3.05, 3.63) is 95.3 Å². The van der Waals surface area contributed by atoms with Gasteiger partial charge >= 0.3 is 12.4 Å². The van der Waals surface area contributed by atoms with Crippen LogP contribution in [0.3, 0.4) is 0 Å². The third-order valence-corrected chi connectivity index (χ3v) is 6.71. The molecule has 7 nitrogen and oxygen atoms in total. The number of amides is 2. The number of benzene rings is 4. The van der Waals surface area contributed by atoms with E-state index in [1.54, 1.807) is 35.3 Å². The molecule has 5 aromatic rings. The highest BCUT2D eigenvalue weighted by Crippen LogP contribution is 2.29. The van der Waals surface area contributed by atoms with Gasteiger partial charge in [-0.25, -0.2) is 14.2 Å². The first-order valence-corrected chi connectivity index (χ1v) is 12.6. The Morgan fingerprint density at radius 2 is 1.90 bits per heavy atom. The molecule has 4 aromatic carbocycles. The molecule has 0 fully saturated rings. The lowest BCUT2D eigenvalue weighted by atomic mass is 10.1. The van der Waals surface area contributed by atoms with E-state index in [0.29, 0.717) is 16.4 Å². The molecule has 0 aliphatic heterocycles. The topological polar surface area (TPSA) is 80.5 Å². The molecule has 12 heteroatoms. The lowest BCUT2D eigenvalue weighted by Crippen LogP contribution is -2.22. The van der Waals surface area contributed by atoms with Crippen LogP contribution in [-0.2, 0) is 0 Å². The van der Waals surface area contributed by atoms with Gasteiger partial charge in [0, 0.05) is 28.0 Å². The molecule has 0 saturated carbocycles. The number of fused-ring (bicyclic) bond motifs is 3. The van der Waals surface area contributed by atoms with Gasteiger partial charge in [-0.15, -0.1) is 13.2 Å². The molecule has 0 unspecified atom stereocenters. The maximum Gasteiger partial charge on any atom is 0.573 e. The summed E-state index contributed by atoms with van der Waals surface area (Å²) in [6, 6.07) is 20.0. The molecule has 0 spiro atoms. The van der Waals surface area contributed by atoms with E-state index in [1.807, 2.05) is 37.3 Å². The van der Waals surface area contributed by atoms with Gasteiger partial charge in [-0.1, -0.05) is 35.9 Å². The summed E-state index contributed by atoms with van der Waals surface area (Å²) in [5.74, 6) is -0.291. The molecular weight excluding hydrogens is 551 g/mol. The largest absolute Gasteiger partial charge is 0.573 e. The Morgan fingerprint density at radius 1 is 1.10 bits per heavy atom. The molecule has 0 atom stereocenters. The van der Waals surface area contributed by atoms with Gasteiger partial charge in [0.25, 0.3) is 0 Å². The van der Waals surface area contributed by atoms with Crippen LogP contribution in [0.15, 0.2) is 83.5 Å². The second-order valence-corrected chi connectivity index (χ2v) is 9.37. The van der Waals surface area contributed by atoms with E-state index >= 15 is 0 Å². The first kappa shape index (κ1) is 26.4. The van der Waals surface area contributed by atoms with Crippen LogP contribution in [0, 0.1) is 6.92 Å². The SMILES string of the molecule is Cc1c(Cl)cccc1NC(=O)NSN=Cc1ccc2c(ccc3c2ncn3-c2ccc(OC(F)(F)F)cc2)c1. The van der Waals surface area contributed by atoms with Crippen LogP contribution in [0.4, 0.5) is 23.7 Å². The number of hydrogen-bond acceptors (Lipinski definition) is 5. The van der Waals surface area contributed by atoms with Gasteiger partial charge < -0.3 is 10.1 Å². The highest BCUT2D eigenvalue weighted by atomic mass is 35.5. The normalized spacial score (nSPS) is 11.8. The number of hydrogen-bond donors (Lipinski definition) is 2. The van der Waals surface area contributed by atoms with Gasteiger partial charge in [0.05, 0.1) is 23.2 Å². The van der Waals surface area contributed by atoms with Crippen molar-refractivity contribution in [2.75, 3.05) is 5.32 Å². The molecule has 2 amide bonds. The molecule has 1 aromatic heterocycles. The number of ether oxygens (including phenoxy) is 1. The van der Waals surface area contributed by atoms with Crippen molar-refractivity contribution < 1.29 is 22.7 Å². The number of alkyl halides is 3. The van der Waals surface area contributed by atoms with Gasteiger partial charge in [0.15, 0.2) is 0 Å². The number of urea groups is 1.